The third kappa shape index (κ3) is 2.75. The van der Waals surface area contributed by atoms with Crippen molar-refractivity contribution < 1.29 is 13.6 Å². The molecule has 0 saturated carbocycles. The van der Waals surface area contributed by atoms with Crippen LogP contribution >= 0.6 is 0 Å². The van der Waals surface area contributed by atoms with Crippen LogP contribution in [-0.4, -0.2) is 66.6 Å². The summed E-state index contributed by atoms with van der Waals surface area (Å²) in [4.78, 5) is 23.7. The Labute approximate surface area is 143 Å². The van der Waals surface area contributed by atoms with Gasteiger partial charge in [-0.2, -0.15) is 4.99 Å². The Morgan fingerprint density at radius 2 is 1.72 bits per heavy atom. The first-order valence-electron chi connectivity index (χ1n) is 8.06. The van der Waals surface area contributed by atoms with E-state index in [2.05, 4.69) is 10.3 Å². The van der Waals surface area contributed by atoms with E-state index in [1.54, 1.807) is 9.80 Å². The summed E-state index contributed by atoms with van der Waals surface area (Å²) in [5, 5.41) is 2.78. The molecule has 1 aromatic rings. The van der Waals surface area contributed by atoms with Gasteiger partial charge in [0.1, 0.15) is 24.0 Å². The minimum Gasteiger partial charge on any atom is -0.363 e. The highest BCUT2D eigenvalue weighted by molar-refractivity contribution is 5.99. The number of hydrogen-bond acceptors (Lipinski definition) is 5. The van der Waals surface area contributed by atoms with Crippen molar-refractivity contribution in [3.63, 3.8) is 0 Å². The van der Waals surface area contributed by atoms with Gasteiger partial charge in [-0.3, -0.25) is 10.2 Å². The average molecular weight is 348 g/mol. The largest absolute Gasteiger partial charge is 0.363 e. The van der Waals surface area contributed by atoms with Crippen LogP contribution in [0.4, 0.5) is 19.3 Å². The van der Waals surface area contributed by atoms with Crippen molar-refractivity contribution in [1.29, 1.82) is 0 Å². The number of fused-ring (bicyclic) bond motifs is 1. The number of nitrogens with zero attached hydrogens (tertiary/aromatic N) is 5. The van der Waals surface area contributed by atoms with Gasteiger partial charge in [-0.15, -0.1) is 0 Å². The molecule has 25 heavy (non-hydrogen) atoms. The maximum absolute atomic E-state index is 13.9. The SMILES string of the molecule is CN1C=C2N=C(N3CCN(c4c(F)cccc4F)CC3)NC(=O)N2C1. The highest BCUT2D eigenvalue weighted by atomic mass is 19.1. The second-order valence-electron chi connectivity index (χ2n) is 6.22. The van der Waals surface area contributed by atoms with Crippen LogP contribution in [0.25, 0.3) is 0 Å². The number of carbonyl (C=O) groups excluding carboxylic acids is 1. The molecule has 0 unspecified atom stereocenters. The number of rotatable bonds is 1. The number of nitrogens with one attached hydrogen (secondary N) is 1. The molecule has 0 radical (unpaired) electrons. The zero-order chi connectivity index (χ0) is 17.6. The summed E-state index contributed by atoms with van der Waals surface area (Å²) in [5.41, 5.74) is 0.00284. The van der Waals surface area contributed by atoms with Gasteiger partial charge in [-0.25, -0.2) is 13.6 Å². The lowest BCUT2D eigenvalue weighted by molar-refractivity contribution is 0.203. The Morgan fingerprint density at radius 1 is 1.08 bits per heavy atom. The molecule has 7 nitrogen and oxygen atoms in total. The third-order valence-electron chi connectivity index (χ3n) is 4.49. The van der Waals surface area contributed by atoms with Crippen molar-refractivity contribution in [3.8, 4) is 0 Å². The standard InChI is InChI=1S/C16H18F2N6O/c1-21-9-13-19-15(20-16(25)24(13)10-21)23-7-5-22(6-8-23)14-11(17)3-2-4-12(14)18/h2-4,9H,5-8,10H2,1H3,(H,19,20,25). The van der Waals surface area contributed by atoms with Gasteiger partial charge < -0.3 is 14.7 Å². The van der Waals surface area contributed by atoms with Crippen LogP contribution < -0.4 is 10.2 Å². The topological polar surface area (TPSA) is 54.4 Å². The molecule has 0 atom stereocenters. The summed E-state index contributed by atoms with van der Waals surface area (Å²) in [6, 6.07) is 3.65. The minimum absolute atomic E-state index is 0.00284. The molecule has 0 aliphatic carbocycles. The smallest absolute Gasteiger partial charge is 0.331 e. The Balaban J connectivity index is 1.48. The molecular weight excluding hydrogens is 330 g/mol. The van der Waals surface area contributed by atoms with E-state index in [4.69, 9.17) is 0 Å². The Kier molecular flexibility index (Phi) is 3.70. The second kappa shape index (κ2) is 5.91. The predicted molar refractivity (Wildman–Crippen MR) is 88.7 cm³/mol. The van der Waals surface area contributed by atoms with Crippen LogP contribution in [0.5, 0.6) is 0 Å². The number of carbonyl (C=O) groups is 1. The first-order valence-corrected chi connectivity index (χ1v) is 8.06. The van der Waals surface area contributed by atoms with Crippen molar-refractivity contribution in [2.24, 2.45) is 4.99 Å². The fourth-order valence-corrected chi connectivity index (χ4v) is 3.24. The summed E-state index contributed by atoms with van der Waals surface area (Å²) < 4.78 is 27.9. The lowest BCUT2D eigenvalue weighted by Gasteiger charge is -2.39. The van der Waals surface area contributed by atoms with Gasteiger partial charge in [-0.1, -0.05) is 6.07 Å². The van der Waals surface area contributed by atoms with E-state index in [-0.39, 0.29) is 11.7 Å². The number of guanidine groups is 1. The number of halogens is 2. The van der Waals surface area contributed by atoms with Crippen LogP contribution in [0.15, 0.2) is 35.2 Å². The Hall–Kier alpha value is -2.84. The fraction of sp³-hybridized carbons (Fsp3) is 0.375. The van der Waals surface area contributed by atoms with E-state index in [0.717, 1.165) is 0 Å². The van der Waals surface area contributed by atoms with E-state index in [0.29, 0.717) is 44.6 Å². The summed E-state index contributed by atoms with van der Waals surface area (Å²) >= 11 is 0. The molecule has 2 amide bonds. The molecule has 3 aliphatic heterocycles. The van der Waals surface area contributed by atoms with Crippen molar-refractivity contribution in [3.05, 3.63) is 41.9 Å². The van der Waals surface area contributed by atoms with E-state index in [1.807, 2.05) is 23.0 Å². The highest BCUT2D eigenvalue weighted by Crippen LogP contribution is 2.25. The Morgan fingerprint density at radius 3 is 2.40 bits per heavy atom. The molecule has 1 saturated heterocycles. The number of piperazine rings is 1. The van der Waals surface area contributed by atoms with Crippen molar-refractivity contribution in [2.75, 3.05) is 44.8 Å². The maximum atomic E-state index is 13.9. The van der Waals surface area contributed by atoms with Crippen LogP contribution in [-0.2, 0) is 0 Å². The fourth-order valence-electron chi connectivity index (χ4n) is 3.24. The second-order valence-corrected chi connectivity index (χ2v) is 6.22. The van der Waals surface area contributed by atoms with Crippen LogP contribution in [0.3, 0.4) is 0 Å². The van der Waals surface area contributed by atoms with E-state index in [9.17, 15) is 13.6 Å². The summed E-state index contributed by atoms with van der Waals surface area (Å²) in [6.45, 7) is 2.37. The van der Waals surface area contributed by atoms with Crippen molar-refractivity contribution in [2.45, 2.75) is 0 Å². The van der Waals surface area contributed by atoms with Gasteiger partial charge in [-0.05, 0) is 12.1 Å². The molecule has 0 aromatic heterocycles. The summed E-state index contributed by atoms with van der Waals surface area (Å²) in [6.07, 6.45) is 1.81. The quantitative estimate of drug-likeness (QED) is 0.828. The van der Waals surface area contributed by atoms with Gasteiger partial charge in [0.25, 0.3) is 0 Å². The molecule has 4 rings (SSSR count). The molecule has 1 fully saturated rings. The number of para-hydroxylation sites is 1. The average Bonchev–Trinajstić information content (AvgIpc) is 2.96. The number of benzene rings is 1. The van der Waals surface area contributed by atoms with Crippen LogP contribution in [0, 0.1) is 11.6 Å². The summed E-state index contributed by atoms with van der Waals surface area (Å²) in [7, 11) is 1.87. The van der Waals surface area contributed by atoms with Gasteiger partial charge in [0.15, 0.2) is 5.82 Å². The van der Waals surface area contributed by atoms with Gasteiger partial charge in [0.2, 0.25) is 5.96 Å². The lowest BCUT2D eigenvalue weighted by atomic mass is 10.2. The number of anilines is 1. The van der Waals surface area contributed by atoms with Gasteiger partial charge in [0, 0.05) is 39.4 Å². The molecule has 9 heteroatoms. The number of hydrogen-bond donors (Lipinski definition) is 1. The summed E-state index contributed by atoms with van der Waals surface area (Å²) in [5.74, 6) is -0.0432. The normalized spacial score (nSPS) is 20.4. The lowest BCUT2D eigenvalue weighted by Crippen LogP contribution is -2.57. The Bertz CT molecular complexity index is 752. The monoisotopic (exact) mass is 348 g/mol. The molecule has 0 bridgehead atoms. The van der Waals surface area contributed by atoms with Gasteiger partial charge in [0.05, 0.1) is 0 Å². The first kappa shape index (κ1) is 15.7. The first-order chi connectivity index (χ1) is 12.0. The molecule has 132 valence electrons. The molecule has 1 N–H and O–H groups in total. The third-order valence-corrected chi connectivity index (χ3v) is 4.49. The molecule has 0 spiro atoms. The molecule has 3 aliphatic rings. The zero-order valence-electron chi connectivity index (χ0n) is 13.7. The number of amides is 2. The molecule has 3 heterocycles. The number of urea groups is 1. The van der Waals surface area contributed by atoms with Crippen molar-refractivity contribution in [1.82, 2.24) is 20.0 Å². The van der Waals surface area contributed by atoms with E-state index >= 15 is 0 Å². The van der Waals surface area contributed by atoms with E-state index < -0.39 is 11.6 Å². The van der Waals surface area contributed by atoms with Crippen molar-refractivity contribution >= 4 is 17.7 Å². The van der Waals surface area contributed by atoms with Gasteiger partial charge >= 0.3 is 6.03 Å². The number of aliphatic imine (C=N–C) groups is 1. The zero-order valence-corrected chi connectivity index (χ0v) is 13.7. The highest BCUT2D eigenvalue weighted by Gasteiger charge is 2.33. The maximum Gasteiger partial charge on any atom is 0.331 e. The molecular formula is C16H18F2N6O. The minimum atomic E-state index is -0.563. The predicted octanol–water partition coefficient (Wildman–Crippen LogP) is 1.17. The van der Waals surface area contributed by atoms with Crippen LogP contribution in [0.1, 0.15) is 0 Å². The van der Waals surface area contributed by atoms with Crippen LogP contribution in [0.2, 0.25) is 0 Å². The molecule has 1 aromatic carbocycles. The van der Waals surface area contributed by atoms with E-state index in [1.165, 1.54) is 18.2 Å².